The number of alkyl halides is 3. The highest BCUT2D eigenvalue weighted by atomic mass is 19.4. The fraction of sp³-hybridized carbons (Fsp3) is 0.500. The second kappa shape index (κ2) is 9.57. The molecule has 0 spiro atoms. The van der Waals surface area contributed by atoms with E-state index in [9.17, 15) is 13.2 Å². The molecule has 0 aliphatic heterocycles. The van der Waals surface area contributed by atoms with Crippen molar-refractivity contribution < 1.29 is 18.3 Å². The van der Waals surface area contributed by atoms with Crippen molar-refractivity contribution in [2.45, 2.75) is 70.7 Å². The molecule has 36 heavy (non-hydrogen) atoms. The predicted molar refractivity (Wildman–Crippen MR) is 133 cm³/mol. The molecule has 12 heteroatoms. The van der Waals surface area contributed by atoms with Gasteiger partial charge in [0.15, 0.2) is 17.1 Å². The number of imidazole rings is 1. The number of aryl methyl sites for hydroxylation is 1. The molecule has 194 valence electrons. The third-order valence-corrected chi connectivity index (χ3v) is 6.48. The van der Waals surface area contributed by atoms with E-state index < -0.39 is 11.8 Å². The summed E-state index contributed by atoms with van der Waals surface area (Å²) in [4.78, 5) is 13.8. The van der Waals surface area contributed by atoms with Crippen molar-refractivity contribution in [2.75, 3.05) is 18.1 Å². The van der Waals surface area contributed by atoms with Gasteiger partial charge in [-0.2, -0.15) is 18.2 Å². The van der Waals surface area contributed by atoms with Gasteiger partial charge in [-0.15, -0.1) is 5.10 Å². The highest BCUT2D eigenvalue weighted by Crippen LogP contribution is 2.41. The van der Waals surface area contributed by atoms with E-state index >= 15 is 0 Å². The minimum Gasteiger partial charge on any atom is -0.380 e. The Morgan fingerprint density at radius 3 is 2.36 bits per heavy atom. The number of nitrogens with zero attached hydrogens (tertiary/aromatic N) is 6. The number of hydrogen-bond acceptors (Lipinski definition) is 7. The standard InChI is InChI=1S/C17H20N8.C7H11F3O/c1-9(2)25-10(3)20-13-6-5-12(21-16(13)25)11-7-8-24-14(11)15(19-4)22-17(18)23-24;8-7(9,10)6(11)4-2-1-3-5-6/h5-9H,1-4H3,(H3,18,19,22,23);11H,1-5H2. The summed E-state index contributed by atoms with van der Waals surface area (Å²) in [5.41, 5.74) is 7.80. The smallest absolute Gasteiger partial charge is 0.380 e. The number of pyridine rings is 1. The first kappa shape index (κ1) is 25.7. The van der Waals surface area contributed by atoms with Crippen molar-refractivity contribution in [3.63, 3.8) is 0 Å². The Hall–Kier alpha value is -3.41. The number of fused-ring (bicyclic) bond motifs is 2. The summed E-state index contributed by atoms with van der Waals surface area (Å²) in [6.45, 7) is 6.27. The van der Waals surface area contributed by atoms with Gasteiger partial charge in [-0.05, 0) is 51.8 Å². The van der Waals surface area contributed by atoms with Crippen LogP contribution in [0, 0.1) is 6.92 Å². The first-order valence-corrected chi connectivity index (χ1v) is 11.9. The van der Waals surface area contributed by atoms with Crippen LogP contribution in [0.15, 0.2) is 24.4 Å². The maximum absolute atomic E-state index is 12.1. The van der Waals surface area contributed by atoms with Crippen molar-refractivity contribution in [3.05, 3.63) is 30.2 Å². The van der Waals surface area contributed by atoms with Crippen LogP contribution in [0.4, 0.5) is 24.9 Å². The van der Waals surface area contributed by atoms with Crippen molar-refractivity contribution in [2.24, 2.45) is 0 Å². The Morgan fingerprint density at radius 1 is 1.08 bits per heavy atom. The molecule has 0 saturated heterocycles. The SMILES string of the molecule is CNc1nc(N)nn2ccc(-c3ccc4nc(C)n(C(C)C)c4n3)c12.OC1(C(F)(F)F)CCCCC1. The van der Waals surface area contributed by atoms with Gasteiger partial charge < -0.3 is 20.7 Å². The van der Waals surface area contributed by atoms with Crippen LogP contribution in [0.5, 0.6) is 0 Å². The van der Waals surface area contributed by atoms with Crippen LogP contribution < -0.4 is 11.1 Å². The van der Waals surface area contributed by atoms with E-state index in [1.807, 2.05) is 38.4 Å². The molecule has 4 heterocycles. The van der Waals surface area contributed by atoms with Gasteiger partial charge in [0.05, 0.1) is 5.69 Å². The highest BCUT2D eigenvalue weighted by Gasteiger charge is 2.53. The quantitative estimate of drug-likeness (QED) is 0.363. The molecule has 4 N–H and O–H groups in total. The van der Waals surface area contributed by atoms with Crippen LogP contribution in [0.25, 0.3) is 27.9 Å². The van der Waals surface area contributed by atoms with E-state index in [2.05, 4.69) is 38.8 Å². The zero-order chi connectivity index (χ0) is 26.3. The minimum absolute atomic E-state index is 0.128. The second-order valence-electron chi connectivity index (χ2n) is 9.34. The van der Waals surface area contributed by atoms with Crippen LogP contribution >= 0.6 is 0 Å². The summed E-state index contributed by atoms with van der Waals surface area (Å²) >= 11 is 0. The molecule has 4 aromatic heterocycles. The maximum Gasteiger partial charge on any atom is 0.417 e. The molecule has 0 amide bonds. The largest absolute Gasteiger partial charge is 0.417 e. The molecule has 5 rings (SSSR count). The lowest BCUT2D eigenvalue weighted by atomic mass is 9.84. The Labute approximate surface area is 206 Å². The van der Waals surface area contributed by atoms with E-state index in [1.54, 1.807) is 4.52 Å². The Kier molecular flexibility index (Phi) is 6.82. The molecule has 1 saturated carbocycles. The Morgan fingerprint density at radius 2 is 1.78 bits per heavy atom. The summed E-state index contributed by atoms with van der Waals surface area (Å²) in [5.74, 6) is 1.85. The van der Waals surface area contributed by atoms with Gasteiger partial charge in [-0.3, -0.25) is 0 Å². The Balaban J connectivity index is 0.000000233. The molecular weight excluding hydrogens is 473 g/mol. The van der Waals surface area contributed by atoms with E-state index in [1.165, 1.54) is 0 Å². The van der Waals surface area contributed by atoms with E-state index in [0.717, 1.165) is 40.2 Å². The molecule has 9 nitrogen and oxygen atoms in total. The number of anilines is 2. The lowest BCUT2D eigenvalue weighted by molar-refractivity contribution is -0.269. The average Bonchev–Trinajstić information content (AvgIpc) is 3.38. The predicted octanol–water partition coefficient (Wildman–Crippen LogP) is 4.90. The molecule has 0 radical (unpaired) electrons. The molecule has 1 fully saturated rings. The third kappa shape index (κ3) is 4.69. The maximum atomic E-state index is 12.1. The van der Waals surface area contributed by atoms with E-state index in [-0.39, 0.29) is 24.8 Å². The lowest BCUT2D eigenvalue weighted by Gasteiger charge is -2.33. The van der Waals surface area contributed by atoms with Gasteiger partial charge >= 0.3 is 6.18 Å². The zero-order valence-electron chi connectivity index (χ0n) is 20.8. The summed E-state index contributed by atoms with van der Waals surface area (Å²) in [5, 5.41) is 16.4. The van der Waals surface area contributed by atoms with Gasteiger partial charge in [0.1, 0.15) is 16.9 Å². The van der Waals surface area contributed by atoms with Crippen molar-refractivity contribution >= 4 is 28.4 Å². The molecule has 4 aromatic rings. The van der Waals surface area contributed by atoms with Crippen LogP contribution in [0.3, 0.4) is 0 Å². The molecule has 1 aliphatic carbocycles. The normalized spacial score (nSPS) is 15.8. The molecule has 0 aromatic carbocycles. The molecule has 0 bridgehead atoms. The third-order valence-electron chi connectivity index (χ3n) is 6.48. The summed E-state index contributed by atoms with van der Waals surface area (Å²) in [7, 11) is 1.81. The second-order valence-corrected chi connectivity index (χ2v) is 9.34. The first-order valence-electron chi connectivity index (χ1n) is 11.9. The highest BCUT2D eigenvalue weighted by molar-refractivity contribution is 5.89. The Bertz CT molecular complexity index is 1370. The lowest BCUT2D eigenvalue weighted by Crippen LogP contribution is -2.46. The van der Waals surface area contributed by atoms with Gasteiger partial charge in [-0.1, -0.05) is 19.3 Å². The monoisotopic (exact) mass is 504 g/mol. The number of halogens is 3. The molecule has 0 atom stereocenters. The average molecular weight is 505 g/mol. The number of nitrogens with two attached hydrogens (primary N) is 1. The number of rotatable bonds is 3. The minimum atomic E-state index is -4.44. The summed E-state index contributed by atoms with van der Waals surface area (Å²) in [6.07, 6.45) is -1.06. The number of nitrogen functional groups attached to an aromatic ring is 1. The number of aliphatic hydroxyl groups is 1. The number of hydrogen-bond donors (Lipinski definition) is 3. The number of nitrogens with one attached hydrogen (secondary N) is 1. The zero-order valence-corrected chi connectivity index (χ0v) is 20.8. The van der Waals surface area contributed by atoms with Gasteiger partial charge in [0, 0.05) is 24.8 Å². The van der Waals surface area contributed by atoms with Gasteiger partial charge in [0.2, 0.25) is 5.95 Å². The van der Waals surface area contributed by atoms with Gasteiger partial charge in [-0.25, -0.2) is 14.5 Å². The van der Waals surface area contributed by atoms with Crippen LogP contribution in [-0.4, -0.2) is 53.1 Å². The topological polar surface area (TPSA) is 119 Å². The fourth-order valence-electron chi connectivity index (χ4n) is 4.70. The van der Waals surface area contributed by atoms with Crippen LogP contribution in [-0.2, 0) is 0 Å². The van der Waals surface area contributed by atoms with Crippen molar-refractivity contribution in [3.8, 4) is 11.3 Å². The summed E-state index contributed by atoms with van der Waals surface area (Å²) in [6, 6.07) is 6.24. The molecule has 0 unspecified atom stereocenters. The fourth-order valence-corrected chi connectivity index (χ4v) is 4.70. The van der Waals surface area contributed by atoms with E-state index in [4.69, 9.17) is 15.8 Å². The molecular formula is C24H31F3N8O. The van der Waals surface area contributed by atoms with Crippen molar-refractivity contribution in [1.29, 1.82) is 0 Å². The van der Waals surface area contributed by atoms with Crippen molar-refractivity contribution in [1.82, 2.24) is 29.1 Å². The summed E-state index contributed by atoms with van der Waals surface area (Å²) < 4.78 is 40.1. The van der Waals surface area contributed by atoms with Crippen LogP contribution in [0.2, 0.25) is 0 Å². The number of aromatic nitrogens is 6. The van der Waals surface area contributed by atoms with Crippen LogP contribution in [0.1, 0.15) is 57.8 Å². The van der Waals surface area contributed by atoms with E-state index in [0.29, 0.717) is 18.7 Å². The van der Waals surface area contributed by atoms with Gasteiger partial charge in [0.25, 0.3) is 0 Å². The first-order chi connectivity index (χ1) is 16.9. The molecule has 1 aliphatic rings.